The number of aliphatic hydroxyl groups is 1. The third-order valence-corrected chi connectivity index (χ3v) is 3.63. The second-order valence-corrected chi connectivity index (χ2v) is 5.33. The maximum atomic E-state index is 13.2. The molecule has 1 N–H and O–H groups in total. The molecule has 0 bridgehead atoms. The lowest BCUT2D eigenvalue weighted by Gasteiger charge is -2.32. The molecule has 1 fully saturated rings. The van der Waals surface area contributed by atoms with Gasteiger partial charge in [-0.3, -0.25) is 4.79 Å². The zero-order valence-electron chi connectivity index (χ0n) is 12.4. The lowest BCUT2D eigenvalue weighted by Crippen LogP contribution is -2.48. The van der Waals surface area contributed by atoms with Crippen molar-refractivity contribution in [1.82, 2.24) is 9.80 Å². The third-order valence-electron chi connectivity index (χ3n) is 3.63. The van der Waals surface area contributed by atoms with Crippen LogP contribution in [0.5, 0.6) is 5.75 Å². The molecular weight excluding hydrogens is 275 g/mol. The monoisotopic (exact) mass is 296 g/mol. The van der Waals surface area contributed by atoms with Crippen molar-refractivity contribution in [1.29, 1.82) is 0 Å². The Bertz CT molecular complexity index is 500. The molecule has 21 heavy (non-hydrogen) atoms. The number of nitrogens with zero attached hydrogens (tertiary/aromatic N) is 2. The van der Waals surface area contributed by atoms with E-state index in [1.165, 1.54) is 25.1 Å². The van der Waals surface area contributed by atoms with Crippen molar-refractivity contribution in [2.75, 3.05) is 39.8 Å². The molecule has 1 aromatic rings. The summed E-state index contributed by atoms with van der Waals surface area (Å²) >= 11 is 0. The molecule has 0 saturated carbocycles. The van der Waals surface area contributed by atoms with Gasteiger partial charge in [0.15, 0.2) is 6.61 Å². The van der Waals surface area contributed by atoms with Crippen LogP contribution in [0.15, 0.2) is 18.2 Å². The Morgan fingerprint density at radius 1 is 1.38 bits per heavy atom. The van der Waals surface area contributed by atoms with Crippen LogP contribution in [-0.2, 0) is 4.79 Å². The van der Waals surface area contributed by atoms with Crippen LogP contribution in [0.3, 0.4) is 0 Å². The van der Waals surface area contributed by atoms with E-state index in [4.69, 9.17) is 4.74 Å². The van der Waals surface area contributed by atoms with E-state index in [1.54, 1.807) is 4.90 Å². The maximum absolute atomic E-state index is 13.2. The van der Waals surface area contributed by atoms with E-state index < -0.39 is 11.9 Å². The van der Waals surface area contributed by atoms with Crippen molar-refractivity contribution < 1.29 is 19.0 Å². The van der Waals surface area contributed by atoms with Crippen LogP contribution in [0.1, 0.15) is 18.6 Å². The summed E-state index contributed by atoms with van der Waals surface area (Å²) in [6, 6.07) is 3.91. The fourth-order valence-electron chi connectivity index (χ4n) is 2.26. The Hall–Kier alpha value is -1.66. The number of amides is 1. The molecular formula is C15H21FN2O3. The molecule has 1 atom stereocenters. The van der Waals surface area contributed by atoms with Crippen molar-refractivity contribution >= 4 is 5.91 Å². The van der Waals surface area contributed by atoms with Crippen LogP contribution in [0.2, 0.25) is 0 Å². The van der Waals surface area contributed by atoms with Crippen molar-refractivity contribution in [3.63, 3.8) is 0 Å². The largest absolute Gasteiger partial charge is 0.483 e. The number of halogens is 1. The van der Waals surface area contributed by atoms with E-state index in [-0.39, 0.29) is 12.5 Å². The normalized spacial score (nSPS) is 17.6. The Labute approximate surface area is 123 Å². The summed E-state index contributed by atoms with van der Waals surface area (Å²) in [5.74, 6) is -0.193. The van der Waals surface area contributed by atoms with Crippen LogP contribution in [0, 0.1) is 5.82 Å². The predicted octanol–water partition coefficient (Wildman–Crippen LogP) is 1.03. The summed E-state index contributed by atoms with van der Waals surface area (Å²) in [5.41, 5.74) is 0.348. The van der Waals surface area contributed by atoms with Gasteiger partial charge in [0.25, 0.3) is 5.91 Å². The van der Waals surface area contributed by atoms with Crippen molar-refractivity contribution in [2.24, 2.45) is 0 Å². The summed E-state index contributed by atoms with van der Waals surface area (Å²) in [5, 5.41) is 9.62. The van der Waals surface area contributed by atoms with E-state index in [0.717, 1.165) is 13.1 Å². The number of rotatable bonds is 4. The molecule has 0 spiro atoms. The van der Waals surface area contributed by atoms with Crippen LogP contribution in [-0.4, -0.2) is 60.6 Å². The standard InChI is InChI=1S/C15H21FN2O3/c1-11(19)13-9-12(16)3-4-14(13)21-10-15(20)18-7-5-17(2)6-8-18/h3-4,9,11,19H,5-8,10H2,1-2H3/t11-/m0/s1. The third kappa shape index (κ3) is 4.15. The molecule has 5 nitrogen and oxygen atoms in total. The van der Waals surface area contributed by atoms with E-state index in [2.05, 4.69) is 4.90 Å². The van der Waals surface area contributed by atoms with Crippen LogP contribution < -0.4 is 4.74 Å². The molecule has 1 heterocycles. The van der Waals surface area contributed by atoms with E-state index in [9.17, 15) is 14.3 Å². The minimum Gasteiger partial charge on any atom is -0.483 e. The number of hydrogen-bond donors (Lipinski definition) is 1. The molecule has 0 radical (unpaired) electrons. The Morgan fingerprint density at radius 2 is 2.05 bits per heavy atom. The zero-order valence-corrected chi connectivity index (χ0v) is 12.4. The van der Waals surface area contributed by atoms with Crippen molar-refractivity contribution in [3.8, 4) is 5.75 Å². The first-order valence-corrected chi connectivity index (χ1v) is 7.04. The average Bonchev–Trinajstić information content (AvgIpc) is 2.46. The minimum absolute atomic E-state index is 0.0935. The predicted molar refractivity (Wildman–Crippen MR) is 76.6 cm³/mol. The van der Waals surface area contributed by atoms with E-state index in [1.807, 2.05) is 7.05 Å². The Kier molecular flexibility index (Phi) is 5.14. The van der Waals surface area contributed by atoms with Gasteiger partial charge in [-0.15, -0.1) is 0 Å². The number of benzene rings is 1. The highest BCUT2D eigenvalue weighted by Crippen LogP contribution is 2.26. The molecule has 1 amide bonds. The van der Waals surface area contributed by atoms with E-state index in [0.29, 0.717) is 24.4 Å². The molecule has 0 unspecified atom stereocenters. The van der Waals surface area contributed by atoms with Gasteiger partial charge in [0.2, 0.25) is 0 Å². The summed E-state index contributed by atoms with van der Waals surface area (Å²) in [6.45, 7) is 4.50. The minimum atomic E-state index is -0.852. The van der Waals surface area contributed by atoms with Crippen molar-refractivity contribution in [2.45, 2.75) is 13.0 Å². The summed E-state index contributed by atoms with van der Waals surface area (Å²) < 4.78 is 18.7. The highest BCUT2D eigenvalue weighted by Gasteiger charge is 2.20. The molecule has 1 aliphatic rings. The molecule has 116 valence electrons. The smallest absolute Gasteiger partial charge is 0.260 e. The molecule has 0 aliphatic carbocycles. The van der Waals surface area contributed by atoms with Gasteiger partial charge in [0.1, 0.15) is 11.6 Å². The first-order chi connectivity index (χ1) is 9.97. The van der Waals surface area contributed by atoms with Gasteiger partial charge in [-0.25, -0.2) is 4.39 Å². The van der Waals surface area contributed by atoms with Gasteiger partial charge >= 0.3 is 0 Å². The fraction of sp³-hybridized carbons (Fsp3) is 0.533. The average molecular weight is 296 g/mol. The number of carbonyl (C=O) groups is 1. The van der Waals surface area contributed by atoms with Gasteiger partial charge in [-0.05, 0) is 32.2 Å². The SMILES string of the molecule is C[C@H](O)c1cc(F)ccc1OCC(=O)N1CCN(C)CC1. The number of ether oxygens (including phenoxy) is 1. The quantitative estimate of drug-likeness (QED) is 0.902. The van der Waals surface area contributed by atoms with Crippen LogP contribution in [0.25, 0.3) is 0 Å². The first kappa shape index (κ1) is 15.7. The van der Waals surface area contributed by atoms with E-state index >= 15 is 0 Å². The summed E-state index contributed by atoms with van der Waals surface area (Å²) in [6.07, 6.45) is -0.852. The second-order valence-electron chi connectivity index (χ2n) is 5.33. The summed E-state index contributed by atoms with van der Waals surface area (Å²) in [7, 11) is 2.02. The molecule has 6 heteroatoms. The molecule has 1 aliphatic heterocycles. The second kappa shape index (κ2) is 6.87. The molecule has 1 aromatic carbocycles. The number of aliphatic hydroxyl groups excluding tert-OH is 1. The van der Waals surface area contributed by atoms with Crippen molar-refractivity contribution in [3.05, 3.63) is 29.6 Å². The topological polar surface area (TPSA) is 53.0 Å². The van der Waals surface area contributed by atoms with Gasteiger partial charge in [-0.2, -0.15) is 0 Å². The van der Waals surface area contributed by atoms with Gasteiger partial charge < -0.3 is 19.6 Å². The number of carbonyl (C=O) groups excluding carboxylic acids is 1. The lowest BCUT2D eigenvalue weighted by atomic mass is 10.1. The number of likely N-dealkylation sites (N-methyl/N-ethyl adjacent to an activating group) is 1. The fourth-order valence-corrected chi connectivity index (χ4v) is 2.26. The van der Waals surface area contributed by atoms with Gasteiger partial charge in [0.05, 0.1) is 6.10 Å². The highest BCUT2D eigenvalue weighted by molar-refractivity contribution is 5.78. The highest BCUT2D eigenvalue weighted by atomic mass is 19.1. The molecule has 2 rings (SSSR count). The van der Waals surface area contributed by atoms with Crippen LogP contribution >= 0.6 is 0 Å². The molecule has 0 aromatic heterocycles. The van der Waals surface area contributed by atoms with Crippen LogP contribution in [0.4, 0.5) is 4.39 Å². The first-order valence-electron chi connectivity index (χ1n) is 7.04. The Morgan fingerprint density at radius 3 is 2.67 bits per heavy atom. The number of piperazine rings is 1. The lowest BCUT2D eigenvalue weighted by molar-refractivity contribution is -0.134. The van der Waals surface area contributed by atoms with Gasteiger partial charge in [-0.1, -0.05) is 0 Å². The zero-order chi connectivity index (χ0) is 15.4. The number of hydrogen-bond acceptors (Lipinski definition) is 4. The Balaban J connectivity index is 1.95. The van der Waals surface area contributed by atoms with Gasteiger partial charge in [0, 0.05) is 31.7 Å². The maximum Gasteiger partial charge on any atom is 0.260 e. The summed E-state index contributed by atoms with van der Waals surface area (Å²) in [4.78, 5) is 16.0. The molecule has 1 saturated heterocycles.